The molecule has 164 valence electrons. The van der Waals surface area contributed by atoms with Gasteiger partial charge in [-0.05, 0) is 35.1 Å². The molecule has 30 heavy (non-hydrogen) atoms. The second kappa shape index (κ2) is 7.74. The van der Waals surface area contributed by atoms with Gasteiger partial charge in [-0.3, -0.25) is 14.4 Å². The lowest BCUT2D eigenvalue weighted by Gasteiger charge is -2.31. The van der Waals surface area contributed by atoms with Gasteiger partial charge >= 0.3 is 0 Å². The molecule has 1 aromatic carbocycles. The van der Waals surface area contributed by atoms with Gasteiger partial charge in [0.2, 0.25) is 11.8 Å². The van der Waals surface area contributed by atoms with Gasteiger partial charge in [0.05, 0.1) is 18.7 Å². The molecule has 3 amide bonds. The first kappa shape index (κ1) is 22.4. The summed E-state index contributed by atoms with van der Waals surface area (Å²) in [7, 11) is 2.91. The molecule has 0 aromatic heterocycles. The molecule has 1 aliphatic carbocycles. The van der Waals surface area contributed by atoms with Gasteiger partial charge in [0.15, 0.2) is 6.29 Å². The van der Waals surface area contributed by atoms with Crippen LogP contribution < -0.4 is 4.90 Å². The van der Waals surface area contributed by atoms with Crippen molar-refractivity contribution >= 4 is 23.4 Å². The summed E-state index contributed by atoms with van der Waals surface area (Å²) in [5.41, 5.74) is -0.191. The summed E-state index contributed by atoms with van der Waals surface area (Å²) in [4.78, 5) is 41.8. The molecule has 0 radical (unpaired) electrons. The highest BCUT2D eigenvalue weighted by Gasteiger charge is 2.69. The van der Waals surface area contributed by atoms with Gasteiger partial charge in [-0.25, -0.2) is 9.29 Å². The molecule has 7 nitrogen and oxygen atoms in total. The number of halogens is 1. The van der Waals surface area contributed by atoms with Crippen LogP contribution in [0.2, 0.25) is 0 Å². The van der Waals surface area contributed by atoms with E-state index in [2.05, 4.69) is 0 Å². The van der Waals surface area contributed by atoms with E-state index in [0.717, 1.165) is 4.90 Å². The number of ether oxygens (including phenoxy) is 2. The molecule has 1 atom stereocenters. The highest BCUT2D eigenvalue weighted by atomic mass is 19.1. The molecule has 0 N–H and O–H groups in total. The molecular weight excluding hydrogens is 391 g/mol. The maximum absolute atomic E-state index is 13.5. The van der Waals surface area contributed by atoms with Crippen molar-refractivity contribution < 1.29 is 28.2 Å². The minimum Gasteiger partial charge on any atom is -0.354 e. The number of rotatable bonds is 7. The van der Waals surface area contributed by atoms with Crippen LogP contribution in [0.5, 0.6) is 0 Å². The van der Waals surface area contributed by atoms with Gasteiger partial charge < -0.3 is 14.4 Å². The fourth-order valence-corrected chi connectivity index (χ4v) is 4.48. The van der Waals surface area contributed by atoms with E-state index in [1.54, 1.807) is 0 Å². The molecule has 0 bridgehead atoms. The Labute approximate surface area is 176 Å². The highest BCUT2D eigenvalue weighted by Crippen LogP contribution is 2.69. The molecule has 1 aromatic rings. The first-order valence-corrected chi connectivity index (χ1v) is 9.95. The third-order valence-electron chi connectivity index (χ3n) is 7.01. The van der Waals surface area contributed by atoms with Crippen molar-refractivity contribution in [3.05, 3.63) is 30.1 Å². The highest BCUT2D eigenvalue weighted by molar-refractivity contribution is 6.23. The van der Waals surface area contributed by atoms with Crippen molar-refractivity contribution in [2.75, 3.05) is 25.7 Å². The average molecular weight is 420 g/mol. The molecule has 8 heteroatoms. The number of carbonyl (C=O) groups excluding carboxylic acids is 3. The van der Waals surface area contributed by atoms with Crippen molar-refractivity contribution in [1.82, 2.24) is 4.90 Å². The molecule has 1 saturated carbocycles. The lowest BCUT2D eigenvalue weighted by Crippen LogP contribution is -2.50. The van der Waals surface area contributed by atoms with Gasteiger partial charge in [-0.2, -0.15) is 0 Å². The third-order valence-corrected chi connectivity index (χ3v) is 7.01. The lowest BCUT2D eigenvalue weighted by atomic mass is 10.0. The van der Waals surface area contributed by atoms with Gasteiger partial charge in [0.1, 0.15) is 11.9 Å². The number of methoxy groups -OCH3 is 2. The number of hydrogen-bond acceptors (Lipinski definition) is 5. The molecular formula is C22H29FN2O5. The Kier molecular flexibility index (Phi) is 5.77. The zero-order valence-corrected chi connectivity index (χ0v) is 18.3. The fourth-order valence-electron chi connectivity index (χ4n) is 4.48. The Morgan fingerprint density at radius 2 is 1.67 bits per heavy atom. The van der Waals surface area contributed by atoms with E-state index in [4.69, 9.17) is 9.47 Å². The summed E-state index contributed by atoms with van der Waals surface area (Å²) < 4.78 is 23.8. The number of carbonyl (C=O) groups is 3. The maximum Gasteiger partial charge on any atom is 0.257 e. The summed E-state index contributed by atoms with van der Waals surface area (Å²) in [5.74, 6) is -1.90. The van der Waals surface area contributed by atoms with Crippen molar-refractivity contribution in [3.8, 4) is 0 Å². The molecule has 2 fully saturated rings. The minimum absolute atomic E-state index is 0.0233. The van der Waals surface area contributed by atoms with Crippen LogP contribution in [-0.4, -0.2) is 55.7 Å². The predicted octanol–water partition coefficient (Wildman–Crippen LogP) is 2.59. The number of nitrogens with zero attached hydrogens (tertiary/aromatic N) is 2. The largest absolute Gasteiger partial charge is 0.354 e. The van der Waals surface area contributed by atoms with Crippen LogP contribution in [0.4, 0.5) is 10.1 Å². The molecule has 1 saturated heterocycles. The van der Waals surface area contributed by atoms with Crippen LogP contribution in [0.25, 0.3) is 0 Å². The molecule has 0 spiro atoms. The van der Waals surface area contributed by atoms with E-state index in [1.165, 1.54) is 43.4 Å². The number of benzene rings is 1. The summed E-state index contributed by atoms with van der Waals surface area (Å²) >= 11 is 0. The van der Waals surface area contributed by atoms with Crippen LogP contribution >= 0.6 is 0 Å². The van der Waals surface area contributed by atoms with Gasteiger partial charge in [0, 0.05) is 20.1 Å². The van der Waals surface area contributed by atoms with Crippen molar-refractivity contribution in [2.24, 2.45) is 16.7 Å². The average Bonchev–Trinajstić information content (AvgIpc) is 2.92. The van der Waals surface area contributed by atoms with E-state index < -0.39 is 30.0 Å². The Hall–Kier alpha value is -2.32. The van der Waals surface area contributed by atoms with E-state index in [-0.39, 0.29) is 41.3 Å². The van der Waals surface area contributed by atoms with Crippen LogP contribution in [0.15, 0.2) is 24.3 Å². The Morgan fingerprint density at radius 3 is 2.13 bits per heavy atom. The SMILES string of the molecule is COC(CN(C(=O)C1C(C)(C)C1(C)C)C1CC(=O)N(c2ccc(F)cc2)C1=O)OC. The topological polar surface area (TPSA) is 76.2 Å². The lowest BCUT2D eigenvalue weighted by molar-refractivity contribution is -0.154. The van der Waals surface area contributed by atoms with E-state index in [0.29, 0.717) is 0 Å². The van der Waals surface area contributed by atoms with Crippen LogP contribution in [0.3, 0.4) is 0 Å². The van der Waals surface area contributed by atoms with E-state index in [1.807, 2.05) is 27.7 Å². The van der Waals surface area contributed by atoms with E-state index >= 15 is 0 Å². The number of anilines is 1. The van der Waals surface area contributed by atoms with Gasteiger partial charge in [-0.1, -0.05) is 27.7 Å². The second-order valence-corrected chi connectivity index (χ2v) is 9.03. The molecule has 3 rings (SSSR count). The number of amides is 3. The standard InChI is InChI=1S/C22H29FN2O5/c1-21(2)18(22(21,3)4)20(28)24(12-17(29-5)30-6)15-11-16(26)25(19(15)27)14-9-7-13(23)8-10-14/h7-10,15,17-18H,11-12H2,1-6H3. The Morgan fingerprint density at radius 1 is 1.13 bits per heavy atom. The molecule has 1 aliphatic heterocycles. The molecule has 1 unspecified atom stereocenters. The number of imide groups is 1. The van der Waals surface area contributed by atoms with Crippen LogP contribution in [0.1, 0.15) is 34.1 Å². The predicted molar refractivity (Wildman–Crippen MR) is 108 cm³/mol. The maximum atomic E-state index is 13.5. The van der Waals surface area contributed by atoms with Crippen LogP contribution in [0, 0.1) is 22.6 Å². The monoisotopic (exact) mass is 420 g/mol. The zero-order chi connectivity index (χ0) is 22.4. The van der Waals surface area contributed by atoms with Gasteiger partial charge in [-0.15, -0.1) is 0 Å². The molecule has 1 heterocycles. The minimum atomic E-state index is -0.963. The summed E-state index contributed by atoms with van der Waals surface area (Å²) in [6.45, 7) is 8.10. The Balaban J connectivity index is 1.92. The normalized spacial score (nSPS) is 22.7. The zero-order valence-electron chi connectivity index (χ0n) is 18.3. The Bertz CT molecular complexity index is 834. The quantitative estimate of drug-likeness (QED) is 0.501. The summed E-state index contributed by atoms with van der Waals surface area (Å²) in [6, 6.07) is 4.16. The first-order chi connectivity index (χ1) is 14.0. The number of hydrogen-bond donors (Lipinski definition) is 0. The van der Waals surface area contributed by atoms with Crippen molar-refractivity contribution in [1.29, 1.82) is 0 Å². The van der Waals surface area contributed by atoms with Crippen LogP contribution in [-0.2, 0) is 23.9 Å². The van der Waals surface area contributed by atoms with Crippen molar-refractivity contribution in [3.63, 3.8) is 0 Å². The van der Waals surface area contributed by atoms with Crippen molar-refractivity contribution in [2.45, 2.75) is 46.4 Å². The smallest absolute Gasteiger partial charge is 0.257 e. The van der Waals surface area contributed by atoms with E-state index in [9.17, 15) is 18.8 Å². The summed E-state index contributed by atoms with van der Waals surface area (Å²) in [6.07, 6.45) is -0.878. The summed E-state index contributed by atoms with van der Waals surface area (Å²) in [5, 5.41) is 0. The van der Waals surface area contributed by atoms with Gasteiger partial charge in [0.25, 0.3) is 5.91 Å². The third kappa shape index (κ3) is 3.52. The second-order valence-electron chi connectivity index (χ2n) is 9.03. The fraction of sp³-hybridized carbons (Fsp3) is 0.591. The molecule has 2 aliphatic rings. The first-order valence-electron chi connectivity index (χ1n) is 9.95.